The van der Waals surface area contributed by atoms with Gasteiger partial charge in [-0.15, -0.1) is 0 Å². The molecule has 2 aromatic carbocycles. The minimum atomic E-state index is -0.510. The van der Waals surface area contributed by atoms with Crippen molar-refractivity contribution in [2.24, 2.45) is 0 Å². The summed E-state index contributed by atoms with van der Waals surface area (Å²) < 4.78 is 7.80. The normalized spacial score (nSPS) is 16.8. The first-order valence-corrected chi connectivity index (χ1v) is 12.0. The number of likely N-dealkylation sites (N-methyl/N-ethyl adjacent to an activating group) is 1. The van der Waals surface area contributed by atoms with Gasteiger partial charge in [-0.05, 0) is 63.4 Å². The molecule has 4 rings (SSSR count). The number of carbonyl (C=O) groups excluding carboxylic acids is 1. The Bertz CT molecular complexity index is 1160. The molecule has 8 heteroatoms. The third-order valence-electron chi connectivity index (χ3n) is 5.87. The average Bonchev–Trinajstić information content (AvgIpc) is 3.13. The van der Waals surface area contributed by atoms with Gasteiger partial charge in [-0.3, -0.25) is 0 Å². The summed E-state index contributed by atoms with van der Waals surface area (Å²) in [6.07, 6.45) is 1.64. The molecule has 3 aromatic rings. The van der Waals surface area contributed by atoms with E-state index in [-0.39, 0.29) is 12.1 Å². The zero-order chi connectivity index (χ0) is 23.8. The van der Waals surface area contributed by atoms with Crippen LogP contribution >= 0.6 is 23.2 Å². The van der Waals surface area contributed by atoms with Crippen molar-refractivity contribution < 1.29 is 9.53 Å². The summed E-state index contributed by atoms with van der Waals surface area (Å²) in [5, 5.41) is 1.08. The number of benzene rings is 2. The first kappa shape index (κ1) is 23.7. The number of carbonyl (C=O) groups is 1. The van der Waals surface area contributed by atoms with Crippen molar-refractivity contribution in [3.05, 3.63) is 58.1 Å². The van der Waals surface area contributed by atoms with Gasteiger partial charge in [-0.2, -0.15) is 0 Å². The Morgan fingerprint density at radius 2 is 1.94 bits per heavy atom. The van der Waals surface area contributed by atoms with E-state index in [1.54, 1.807) is 0 Å². The van der Waals surface area contributed by atoms with Gasteiger partial charge in [0.1, 0.15) is 5.60 Å². The van der Waals surface area contributed by atoms with E-state index in [0.29, 0.717) is 29.7 Å². The van der Waals surface area contributed by atoms with Crippen molar-refractivity contribution in [2.45, 2.75) is 51.8 Å². The van der Waals surface area contributed by atoms with Crippen molar-refractivity contribution in [2.75, 3.05) is 25.0 Å². The van der Waals surface area contributed by atoms with Crippen LogP contribution in [0.3, 0.4) is 0 Å². The number of rotatable bonds is 4. The van der Waals surface area contributed by atoms with Crippen LogP contribution < -0.4 is 4.90 Å². The van der Waals surface area contributed by atoms with Gasteiger partial charge in [0.15, 0.2) is 0 Å². The summed E-state index contributed by atoms with van der Waals surface area (Å²) in [5.74, 6) is 0.860. The Kier molecular flexibility index (Phi) is 6.78. The van der Waals surface area contributed by atoms with Gasteiger partial charge < -0.3 is 19.1 Å². The summed E-state index contributed by atoms with van der Waals surface area (Å²) in [4.78, 5) is 21.6. The van der Waals surface area contributed by atoms with Gasteiger partial charge in [0.05, 0.1) is 27.6 Å². The molecule has 0 bridgehead atoms. The zero-order valence-electron chi connectivity index (χ0n) is 19.5. The van der Waals surface area contributed by atoms with Gasteiger partial charge in [-0.25, -0.2) is 9.78 Å². The van der Waals surface area contributed by atoms with E-state index in [0.717, 1.165) is 35.4 Å². The second kappa shape index (κ2) is 9.43. The second-order valence-corrected chi connectivity index (χ2v) is 10.4. The number of anilines is 1. The quantitative estimate of drug-likeness (QED) is 0.436. The molecule has 0 saturated carbocycles. The van der Waals surface area contributed by atoms with Crippen LogP contribution in [0.15, 0.2) is 42.5 Å². The predicted molar refractivity (Wildman–Crippen MR) is 135 cm³/mol. The van der Waals surface area contributed by atoms with Crippen molar-refractivity contribution in [3.8, 4) is 0 Å². The minimum absolute atomic E-state index is 0.135. The molecule has 0 spiro atoms. The molecule has 0 N–H and O–H groups in total. The van der Waals surface area contributed by atoms with Crippen LogP contribution in [0.5, 0.6) is 0 Å². The molecule has 0 radical (unpaired) electrons. The zero-order valence-corrected chi connectivity index (χ0v) is 21.0. The third kappa shape index (κ3) is 5.39. The highest BCUT2D eigenvalue weighted by molar-refractivity contribution is 6.42. The number of imidazole rings is 1. The van der Waals surface area contributed by atoms with E-state index in [1.165, 1.54) is 0 Å². The highest BCUT2D eigenvalue weighted by atomic mass is 35.5. The molecule has 1 aliphatic heterocycles. The monoisotopic (exact) mass is 488 g/mol. The molecular formula is C25H30Cl2N4O2. The standard InChI is InChI=1S/C25H30Cl2N4O2/c1-25(2,3)33-24(32)30-13-7-8-18(16-30)29(4)23-28-21-9-5-6-10-22(21)31(23)15-17-11-12-19(26)20(27)14-17/h5-6,9-12,14,18H,7-8,13,15-16H2,1-4H3/t18-/m0/s1. The Hall–Kier alpha value is -2.44. The fraction of sp³-hybridized carbons (Fsp3) is 0.440. The molecule has 1 amide bonds. The van der Waals surface area contributed by atoms with Crippen LogP contribution in [0.1, 0.15) is 39.2 Å². The Morgan fingerprint density at radius 1 is 1.18 bits per heavy atom. The number of para-hydroxylation sites is 2. The van der Waals surface area contributed by atoms with Gasteiger partial charge in [0, 0.05) is 26.2 Å². The van der Waals surface area contributed by atoms with Crippen molar-refractivity contribution in [1.29, 1.82) is 0 Å². The number of hydrogen-bond acceptors (Lipinski definition) is 4. The molecule has 2 heterocycles. The largest absolute Gasteiger partial charge is 0.444 e. The lowest BCUT2D eigenvalue weighted by molar-refractivity contribution is 0.0199. The SMILES string of the molecule is CN(c1nc2ccccc2n1Cc1ccc(Cl)c(Cl)c1)[C@H]1CCCN(C(=O)OC(C)(C)C)C1. The molecule has 0 unspecified atom stereocenters. The number of aromatic nitrogens is 2. The maximum absolute atomic E-state index is 12.7. The molecule has 1 atom stereocenters. The van der Waals surface area contributed by atoms with E-state index in [1.807, 2.05) is 62.1 Å². The summed E-state index contributed by atoms with van der Waals surface area (Å²) in [7, 11) is 2.05. The predicted octanol–water partition coefficient (Wildman–Crippen LogP) is 6.23. The Balaban J connectivity index is 1.62. The molecule has 1 aromatic heterocycles. The lowest BCUT2D eigenvalue weighted by Gasteiger charge is -2.38. The van der Waals surface area contributed by atoms with Crippen molar-refractivity contribution in [1.82, 2.24) is 14.5 Å². The molecule has 1 saturated heterocycles. The highest BCUT2D eigenvalue weighted by Crippen LogP contribution is 2.29. The summed E-state index contributed by atoms with van der Waals surface area (Å²) in [6, 6.07) is 13.9. The van der Waals surface area contributed by atoms with Crippen LogP contribution in [0.25, 0.3) is 11.0 Å². The topological polar surface area (TPSA) is 50.6 Å². The summed E-state index contributed by atoms with van der Waals surface area (Å²) >= 11 is 12.4. The summed E-state index contributed by atoms with van der Waals surface area (Å²) in [6.45, 7) is 7.59. The lowest BCUT2D eigenvalue weighted by atomic mass is 10.1. The molecule has 0 aliphatic carbocycles. The third-order valence-corrected chi connectivity index (χ3v) is 6.61. The average molecular weight is 489 g/mol. The van der Waals surface area contributed by atoms with Crippen molar-refractivity contribution >= 4 is 46.3 Å². The van der Waals surface area contributed by atoms with Crippen molar-refractivity contribution in [3.63, 3.8) is 0 Å². The van der Waals surface area contributed by atoms with Crippen LogP contribution in [-0.2, 0) is 11.3 Å². The second-order valence-electron chi connectivity index (χ2n) is 9.57. The molecule has 6 nitrogen and oxygen atoms in total. The summed E-state index contributed by atoms with van der Waals surface area (Å²) in [5.41, 5.74) is 2.51. The van der Waals surface area contributed by atoms with Crippen LogP contribution in [0.4, 0.5) is 10.7 Å². The van der Waals surface area contributed by atoms with Crippen LogP contribution in [-0.4, -0.2) is 52.3 Å². The molecule has 176 valence electrons. The van der Waals surface area contributed by atoms with Gasteiger partial charge in [-0.1, -0.05) is 41.4 Å². The van der Waals surface area contributed by atoms with Gasteiger partial charge in [0.2, 0.25) is 5.95 Å². The first-order valence-electron chi connectivity index (χ1n) is 11.2. The number of hydrogen-bond donors (Lipinski definition) is 0. The van der Waals surface area contributed by atoms with E-state index < -0.39 is 5.60 Å². The number of ether oxygens (including phenoxy) is 1. The van der Waals surface area contributed by atoms with Gasteiger partial charge >= 0.3 is 6.09 Å². The fourth-order valence-corrected chi connectivity index (χ4v) is 4.56. The molecule has 1 aliphatic rings. The number of likely N-dealkylation sites (tertiary alicyclic amines) is 1. The minimum Gasteiger partial charge on any atom is -0.444 e. The smallest absolute Gasteiger partial charge is 0.410 e. The van der Waals surface area contributed by atoms with E-state index >= 15 is 0 Å². The lowest BCUT2D eigenvalue weighted by Crippen LogP contribution is -2.50. The number of fused-ring (bicyclic) bond motifs is 1. The number of halogens is 2. The van der Waals surface area contributed by atoms with Crippen LogP contribution in [0.2, 0.25) is 10.0 Å². The van der Waals surface area contributed by atoms with E-state index in [9.17, 15) is 4.79 Å². The maximum Gasteiger partial charge on any atom is 0.410 e. The van der Waals surface area contributed by atoms with Gasteiger partial charge in [0.25, 0.3) is 0 Å². The number of piperidine rings is 1. The van der Waals surface area contributed by atoms with E-state index in [4.69, 9.17) is 32.9 Å². The van der Waals surface area contributed by atoms with Crippen LogP contribution in [0, 0.1) is 0 Å². The fourth-order valence-electron chi connectivity index (χ4n) is 4.23. The Morgan fingerprint density at radius 3 is 2.67 bits per heavy atom. The number of nitrogens with zero attached hydrogens (tertiary/aromatic N) is 4. The molecular weight excluding hydrogens is 459 g/mol. The highest BCUT2D eigenvalue weighted by Gasteiger charge is 2.31. The first-order chi connectivity index (χ1) is 15.6. The molecule has 1 fully saturated rings. The molecule has 33 heavy (non-hydrogen) atoms. The number of amides is 1. The maximum atomic E-state index is 12.7. The van der Waals surface area contributed by atoms with E-state index in [2.05, 4.69) is 22.6 Å². The Labute approximate surface area is 205 Å².